The number of benzene rings is 1. The molecule has 5 rings (SSSR count). The summed E-state index contributed by atoms with van der Waals surface area (Å²) in [6.07, 6.45) is -5.26. The predicted octanol–water partition coefficient (Wildman–Crippen LogP) is 2.59. The van der Waals surface area contributed by atoms with E-state index in [-0.39, 0.29) is 30.1 Å². The molecule has 0 saturated carbocycles. The molecule has 2 aliphatic rings. The number of pyridine rings is 1. The van der Waals surface area contributed by atoms with Crippen LogP contribution in [0.1, 0.15) is 16.1 Å². The lowest BCUT2D eigenvalue weighted by molar-refractivity contribution is -0.274. The number of hydrogen-bond acceptors (Lipinski definition) is 7. The summed E-state index contributed by atoms with van der Waals surface area (Å²) in [6.45, 7) is 1.86. The zero-order valence-corrected chi connectivity index (χ0v) is 17.7. The second kappa shape index (κ2) is 8.47. The summed E-state index contributed by atoms with van der Waals surface area (Å²) in [7, 11) is 0. The predicted molar refractivity (Wildman–Crippen MR) is 109 cm³/mol. The highest BCUT2D eigenvalue weighted by Gasteiger charge is 2.43. The van der Waals surface area contributed by atoms with Crippen molar-refractivity contribution in [3.05, 3.63) is 47.7 Å². The minimum Gasteiger partial charge on any atom is -0.445 e. The Balaban J connectivity index is 1.11. The number of aromatic amines is 1. The van der Waals surface area contributed by atoms with Gasteiger partial charge in [0, 0.05) is 38.0 Å². The zero-order chi connectivity index (χ0) is 23.9. The van der Waals surface area contributed by atoms with Crippen LogP contribution in [0.3, 0.4) is 0 Å². The summed E-state index contributed by atoms with van der Waals surface area (Å²) in [5, 5.41) is 10.2. The molecule has 2 fully saturated rings. The third-order valence-corrected chi connectivity index (χ3v) is 5.96. The van der Waals surface area contributed by atoms with Crippen molar-refractivity contribution in [3.8, 4) is 5.75 Å². The maximum atomic E-state index is 12.8. The first-order chi connectivity index (χ1) is 16.2. The molecule has 178 valence electrons. The Kier molecular flexibility index (Phi) is 5.46. The van der Waals surface area contributed by atoms with Crippen molar-refractivity contribution in [1.82, 2.24) is 30.2 Å². The van der Waals surface area contributed by atoms with Crippen molar-refractivity contribution in [2.75, 3.05) is 26.2 Å². The fraction of sp³-hybridized carbons (Fsp3) is 0.381. The molecule has 0 radical (unpaired) electrons. The number of carbonyl (C=O) groups excluding carboxylic acids is 2. The Hall–Kier alpha value is -3.90. The largest absolute Gasteiger partial charge is 0.573 e. The normalized spacial score (nSPS) is 20.0. The van der Waals surface area contributed by atoms with Crippen molar-refractivity contribution >= 4 is 23.2 Å². The Morgan fingerprint density at radius 3 is 2.35 bits per heavy atom. The number of fused-ring (bicyclic) bond motifs is 2. The molecule has 0 bridgehead atoms. The molecule has 13 heteroatoms. The molecule has 0 spiro atoms. The van der Waals surface area contributed by atoms with Crippen LogP contribution in [0.25, 0.3) is 11.2 Å². The molecule has 10 nitrogen and oxygen atoms in total. The first kappa shape index (κ1) is 21.9. The number of H-pyrrole nitrogens is 1. The fourth-order valence-electron chi connectivity index (χ4n) is 4.35. The summed E-state index contributed by atoms with van der Waals surface area (Å²) in [4.78, 5) is 32.9. The van der Waals surface area contributed by atoms with E-state index in [4.69, 9.17) is 4.74 Å². The summed E-state index contributed by atoms with van der Waals surface area (Å²) < 4.78 is 45.8. The van der Waals surface area contributed by atoms with Crippen LogP contribution >= 0.6 is 0 Å². The molecule has 2 aromatic heterocycles. The van der Waals surface area contributed by atoms with Crippen LogP contribution in [-0.2, 0) is 11.3 Å². The van der Waals surface area contributed by atoms with Gasteiger partial charge >= 0.3 is 12.5 Å². The van der Waals surface area contributed by atoms with Crippen LogP contribution in [0.15, 0.2) is 36.4 Å². The Morgan fingerprint density at radius 2 is 1.68 bits per heavy atom. The molecular weight excluding hydrogens is 457 g/mol. The molecule has 2 atom stereocenters. The van der Waals surface area contributed by atoms with Crippen LogP contribution in [0.4, 0.5) is 18.0 Å². The van der Waals surface area contributed by atoms with E-state index < -0.39 is 12.5 Å². The Bertz CT molecular complexity index is 1200. The molecule has 3 aromatic rings. The highest BCUT2D eigenvalue weighted by molar-refractivity contribution is 5.94. The van der Waals surface area contributed by atoms with E-state index in [2.05, 4.69) is 25.1 Å². The average Bonchev–Trinajstić information content (AvgIpc) is 3.51. The average molecular weight is 476 g/mol. The standard InChI is InChI=1S/C21H19F3N6O4/c22-21(23,24)34-15-3-1-12(2-4-15)11-33-20(32)30-9-13-7-29(8-14(13)10-30)19(31)17-6-5-16-18(25-17)27-28-26-16/h1-6,13-14H,7-11H2,(H,25,26,27,28)/t13-,14-/m0/s1. The molecule has 1 N–H and O–H groups in total. The molecular formula is C21H19F3N6O4. The van der Waals surface area contributed by atoms with E-state index in [0.29, 0.717) is 48.6 Å². The topological polar surface area (TPSA) is 114 Å². The van der Waals surface area contributed by atoms with Gasteiger partial charge in [0.2, 0.25) is 5.65 Å². The first-order valence-electron chi connectivity index (χ1n) is 10.5. The van der Waals surface area contributed by atoms with Crippen molar-refractivity contribution in [2.24, 2.45) is 11.8 Å². The fourth-order valence-corrected chi connectivity index (χ4v) is 4.35. The van der Waals surface area contributed by atoms with E-state index in [1.54, 1.807) is 21.9 Å². The van der Waals surface area contributed by atoms with Gasteiger partial charge in [-0.2, -0.15) is 0 Å². The summed E-state index contributed by atoms with van der Waals surface area (Å²) in [6, 6.07) is 8.47. The number of carbonyl (C=O) groups is 2. The van der Waals surface area contributed by atoms with Gasteiger partial charge in [0.1, 0.15) is 23.6 Å². The SMILES string of the molecule is O=C(OCc1ccc(OC(F)(F)F)cc1)N1C[C@@H]2CN(C(=O)c3ccc4[nH]nnc4n3)C[C@H]2C1. The van der Waals surface area contributed by atoms with E-state index in [9.17, 15) is 22.8 Å². The van der Waals surface area contributed by atoms with E-state index >= 15 is 0 Å². The van der Waals surface area contributed by atoms with Gasteiger partial charge in [-0.1, -0.05) is 17.3 Å². The summed E-state index contributed by atoms with van der Waals surface area (Å²) in [5.74, 6) is -0.270. The number of likely N-dealkylation sites (tertiary alicyclic amines) is 2. The van der Waals surface area contributed by atoms with Gasteiger partial charge in [0.05, 0.1) is 0 Å². The number of alkyl halides is 3. The number of amides is 2. The van der Waals surface area contributed by atoms with Gasteiger partial charge in [-0.05, 0) is 29.8 Å². The molecule has 2 amide bonds. The van der Waals surface area contributed by atoms with Gasteiger partial charge in [-0.25, -0.2) is 9.78 Å². The molecule has 2 aliphatic heterocycles. The molecule has 0 unspecified atom stereocenters. The van der Waals surface area contributed by atoms with Gasteiger partial charge in [-0.3, -0.25) is 9.89 Å². The van der Waals surface area contributed by atoms with Crippen LogP contribution < -0.4 is 4.74 Å². The number of ether oxygens (including phenoxy) is 2. The maximum absolute atomic E-state index is 12.8. The highest BCUT2D eigenvalue weighted by atomic mass is 19.4. The van der Waals surface area contributed by atoms with Gasteiger partial charge in [0.15, 0.2) is 0 Å². The zero-order valence-electron chi connectivity index (χ0n) is 17.7. The van der Waals surface area contributed by atoms with Crippen LogP contribution in [0, 0.1) is 11.8 Å². The quantitative estimate of drug-likeness (QED) is 0.616. The van der Waals surface area contributed by atoms with Crippen molar-refractivity contribution in [3.63, 3.8) is 0 Å². The van der Waals surface area contributed by atoms with Gasteiger partial charge < -0.3 is 19.3 Å². The highest BCUT2D eigenvalue weighted by Crippen LogP contribution is 2.32. The maximum Gasteiger partial charge on any atom is 0.573 e. The minimum atomic E-state index is -4.76. The van der Waals surface area contributed by atoms with Gasteiger partial charge in [-0.15, -0.1) is 18.3 Å². The molecule has 1 aromatic carbocycles. The number of nitrogens with zero attached hydrogens (tertiary/aromatic N) is 5. The molecule has 0 aliphatic carbocycles. The van der Waals surface area contributed by atoms with Crippen LogP contribution in [-0.4, -0.2) is 74.7 Å². The van der Waals surface area contributed by atoms with E-state index in [0.717, 1.165) is 12.1 Å². The number of rotatable bonds is 4. The lowest BCUT2D eigenvalue weighted by Gasteiger charge is -2.21. The second-order valence-electron chi connectivity index (χ2n) is 8.26. The van der Waals surface area contributed by atoms with Crippen molar-refractivity contribution < 1.29 is 32.2 Å². The third kappa shape index (κ3) is 4.58. The van der Waals surface area contributed by atoms with Crippen LogP contribution in [0.2, 0.25) is 0 Å². The number of aromatic nitrogens is 4. The first-order valence-corrected chi connectivity index (χ1v) is 10.5. The monoisotopic (exact) mass is 476 g/mol. The van der Waals surface area contributed by atoms with E-state index in [1.807, 2.05) is 0 Å². The number of nitrogens with one attached hydrogen (secondary N) is 1. The minimum absolute atomic E-state index is 0.0717. The lowest BCUT2D eigenvalue weighted by Crippen LogP contribution is -2.36. The Labute approximate surface area is 190 Å². The number of halogens is 3. The molecule has 34 heavy (non-hydrogen) atoms. The Morgan fingerprint density at radius 1 is 1.00 bits per heavy atom. The smallest absolute Gasteiger partial charge is 0.445 e. The second-order valence-corrected chi connectivity index (χ2v) is 8.26. The summed E-state index contributed by atoms with van der Waals surface area (Å²) >= 11 is 0. The van der Waals surface area contributed by atoms with E-state index in [1.165, 1.54) is 12.1 Å². The lowest BCUT2D eigenvalue weighted by atomic mass is 10.0. The summed E-state index contributed by atoms with van der Waals surface area (Å²) in [5.41, 5.74) is 1.86. The molecule has 2 saturated heterocycles. The third-order valence-electron chi connectivity index (χ3n) is 5.96. The number of hydrogen-bond donors (Lipinski definition) is 1. The van der Waals surface area contributed by atoms with Gasteiger partial charge in [0.25, 0.3) is 5.91 Å². The van der Waals surface area contributed by atoms with Crippen LogP contribution in [0.5, 0.6) is 5.75 Å². The van der Waals surface area contributed by atoms with Crippen molar-refractivity contribution in [2.45, 2.75) is 13.0 Å². The van der Waals surface area contributed by atoms with Crippen molar-refractivity contribution in [1.29, 1.82) is 0 Å². The molecule has 4 heterocycles.